The zero-order chi connectivity index (χ0) is 13.7. The van der Waals surface area contributed by atoms with Gasteiger partial charge in [-0.3, -0.25) is 9.59 Å². The second-order valence-corrected chi connectivity index (χ2v) is 5.15. The summed E-state index contributed by atoms with van der Waals surface area (Å²) in [4.78, 5) is 25.1. The van der Waals surface area contributed by atoms with Gasteiger partial charge in [0.1, 0.15) is 12.6 Å². The van der Waals surface area contributed by atoms with Gasteiger partial charge in [-0.1, -0.05) is 5.92 Å². The number of nitrogens with one attached hydrogen (secondary N) is 1. The van der Waals surface area contributed by atoms with Crippen LogP contribution in [0.3, 0.4) is 0 Å². The Kier molecular flexibility index (Phi) is 4.80. The molecule has 2 amide bonds. The van der Waals surface area contributed by atoms with E-state index in [0.717, 1.165) is 25.9 Å². The summed E-state index contributed by atoms with van der Waals surface area (Å²) < 4.78 is 5.34. The van der Waals surface area contributed by atoms with Crippen molar-refractivity contribution in [3.05, 3.63) is 0 Å². The molecule has 2 aliphatic rings. The maximum atomic E-state index is 12.2. The second-order valence-electron chi connectivity index (χ2n) is 5.15. The molecule has 2 rings (SSSR count). The van der Waals surface area contributed by atoms with Crippen LogP contribution in [0.25, 0.3) is 0 Å². The standard InChI is InChI=1S/C14H20N2O3/c1-2-9-19-10-11-5-7-16(8-6-11)14(18)12-3-4-13(17)15-12/h1,11-12H,3-10H2,(H,15,17). The molecule has 0 aromatic rings. The Balaban J connectivity index is 1.72. The molecule has 5 nitrogen and oxygen atoms in total. The summed E-state index contributed by atoms with van der Waals surface area (Å²) in [6.45, 7) is 2.52. The third kappa shape index (κ3) is 3.71. The fourth-order valence-corrected chi connectivity index (χ4v) is 2.62. The number of piperidine rings is 1. The molecule has 2 heterocycles. The maximum absolute atomic E-state index is 12.2. The summed E-state index contributed by atoms with van der Waals surface area (Å²) in [7, 11) is 0. The Labute approximate surface area is 113 Å². The number of carbonyl (C=O) groups excluding carboxylic acids is 2. The summed E-state index contributed by atoms with van der Waals surface area (Å²) >= 11 is 0. The van der Waals surface area contributed by atoms with Gasteiger partial charge in [-0.15, -0.1) is 6.42 Å². The predicted molar refractivity (Wildman–Crippen MR) is 70.1 cm³/mol. The molecule has 2 fully saturated rings. The Bertz CT molecular complexity index is 381. The van der Waals surface area contributed by atoms with Crippen LogP contribution in [0.4, 0.5) is 0 Å². The van der Waals surface area contributed by atoms with E-state index in [4.69, 9.17) is 11.2 Å². The van der Waals surface area contributed by atoms with Crippen molar-refractivity contribution in [2.45, 2.75) is 31.7 Å². The van der Waals surface area contributed by atoms with E-state index in [-0.39, 0.29) is 17.9 Å². The molecule has 0 spiro atoms. The molecule has 1 atom stereocenters. The predicted octanol–water partition coefficient (Wildman–Crippen LogP) is 0.153. The topological polar surface area (TPSA) is 58.6 Å². The monoisotopic (exact) mass is 264 g/mol. The molecule has 0 radical (unpaired) electrons. The fourth-order valence-electron chi connectivity index (χ4n) is 2.62. The Morgan fingerprint density at radius 2 is 2.16 bits per heavy atom. The highest BCUT2D eigenvalue weighted by atomic mass is 16.5. The van der Waals surface area contributed by atoms with E-state index in [1.54, 1.807) is 0 Å². The minimum atomic E-state index is -0.304. The number of hydrogen-bond donors (Lipinski definition) is 1. The van der Waals surface area contributed by atoms with Gasteiger partial charge in [-0.2, -0.15) is 0 Å². The van der Waals surface area contributed by atoms with Crippen molar-refractivity contribution in [3.8, 4) is 12.3 Å². The van der Waals surface area contributed by atoms with E-state index in [0.29, 0.717) is 32.0 Å². The smallest absolute Gasteiger partial charge is 0.245 e. The van der Waals surface area contributed by atoms with Crippen LogP contribution in [0.2, 0.25) is 0 Å². The van der Waals surface area contributed by atoms with Crippen LogP contribution < -0.4 is 5.32 Å². The SMILES string of the molecule is C#CCOCC1CCN(C(=O)C2CCC(=O)N2)CC1. The van der Waals surface area contributed by atoms with Gasteiger partial charge >= 0.3 is 0 Å². The number of terminal acetylenes is 1. The summed E-state index contributed by atoms with van der Waals surface area (Å²) in [5.74, 6) is 2.98. The van der Waals surface area contributed by atoms with Crippen LogP contribution in [-0.4, -0.2) is 49.1 Å². The van der Waals surface area contributed by atoms with Gasteiger partial charge in [0.15, 0.2) is 0 Å². The minimum absolute atomic E-state index is 0.0177. The van der Waals surface area contributed by atoms with Crippen LogP contribution in [0, 0.1) is 18.3 Å². The van der Waals surface area contributed by atoms with E-state index in [1.165, 1.54) is 0 Å². The van der Waals surface area contributed by atoms with Crippen LogP contribution in [0.1, 0.15) is 25.7 Å². The van der Waals surface area contributed by atoms with Crippen molar-refractivity contribution in [1.29, 1.82) is 0 Å². The van der Waals surface area contributed by atoms with Crippen LogP contribution in [0.5, 0.6) is 0 Å². The largest absolute Gasteiger partial charge is 0.369 e. The van der Waals surface area contributed by atoms with Crippen LogP contribution in [0.15, 0.2) is 0 Å². The lowest BCUT2D eigenvalue weighted by atomic mass is 9.97. The normalized spacial score (nSPS) is 24.1. The van der Waals surface area contributed by atoms with Gasteiger partial charge in [0.05, 0.1) is 6.61 Å². The van der Waals surface area contributed by atoms with E-state index in [2.05, 4.69) is 11.2 Å². The summed E-state index contributed by atoms with van der Waals surface area (Å²) in [6.07, 6.45) is 8.10. The number of amides is 2. The van der Waals surface area contributed by atoms with Gasteiger partial charge in [0.2, 0.25) is 11.8 Å². The van der Waals surface area contributed by atoms with Gasteiger partial charge in [-0.05, 0) is 25.2 Å². The van der Waals surface area contributed by atoms with Gasteiger partial charge < -0.3 is 15.0 Å². The molecule has 2 aliphatic heterocycles. The van der Waals surface area contributed by atoms with Crippen molar-refractivity contribution in [2.24, 2.45) is 5.92 Å². The number of rotatable bonds is 4. The third-order valence-corrected chi connectivity index (χ3v) is 3.76. The number of likely N-dealkylation sites (tertiary alicyclic amines) is 1. The molecule has 5 heteroatoms. The number of ether oxygens (including phenoxy) is 1. The number of nitrogens with zero attached hydrogens (tertiary/aromatic N) is 1. The lowest BCUT2D eigenvalue weighted by Gasteiger charge is -2.33. The van der Waals surface area contributed by atoms with E-state index < -0.39 is 0 Å². The molecule has 1 N–H and O–H groups in total. The summed E-state index contributed by atoms with van der Waals surface area (Å²) in [6, 6.07) is -0.304. The zero-order valence-corrected chi connectivity index (χ0v) is 11.1. The molecule has 0 aromatic heterocycles. The molecule has 0 aliphatic carbocycles. The first-order chi connectivity index (χ1) is 9.20. The van der Waals surface area contributed by atoms with E-state index in [9.17, 15) is 9.59 Å². The van der Waals surface area contributed by atoms with Crippen molar-refractivity contribution in [1.82, 2.24) is 10.2 Å². The molecule has 2 saturated heterocycles. The molecule has 0 bridgehead atoms. The van der Waals surface area contributed by atoms with Crippen molar-refractivity contribution < 1.29 is 14.3 Å². The highest BCUT2D eigenvalue weighted by Crippen LogP contribution is 2.19. The molecular formula is C14H20N2O3. The first-order valence-corrected chi connectivity index (χ1v) is 6.80. The van der Waals surface area contributed by atoms with Gasteiger partial charge in [0, 0.05) is 19.5 Å². The second kappa shape index (κ2) is 6.58. The average Bonchev–Trinajstić information content (AvgIpc) is 2.86. The Hall–Kier alpha value is -1.54. The first kappa shape index (κ1) is 13.9. The molecule has 19 heavy (non-hydrogen) atoms. The summed E-state index contributed by atoms with van der Waals surface area (Å²) in [5.41, 5.74) is 0. The summed E-state index contributed by atoms with van der Waals surface area (Å²) in [5, 5.41) is 2.73. The van der Waals surface area contributed by atoms with Gasteiger partial charge in [-0.25, -0.2) is 0 Å². The molecule has 0 aromatic carbocycles. The molecule has 104 valence electrons. The lowest BCUT2D eigenvalue weighted by Crippen LogP contribution is -2.47. The van der Waals surface area contributed by atoms with Crippen molar-refractivity contribution in [3.63, 3.8) is 0 Å². The van der Waals surface area contributed by atoms with Gasteiger partial charge in [0.25, 0.3) is 0 Å². The van der Waals surface area contributed by atoms with E-state index in [1.807, 2.05) is 4.90 Å². The minimum Gasteiger partial charge on any atom is -0.369 e. The van der Waals surface area contributed by atoms with Crippen LogP contribution >= 0.6 is 0 Å². The highest BCUT2D eigenvalue weighted by Gasteiger charge is 2.32. The van der Waals surface area contributed by atoms with E-state index >= 15 is 0 Å². The highest BCUT2D eigenvalue weighted by molar-refractivity contribution is 5.90. The molecular weight excluding hydrogens is 244 g/mol. The lowest BCUT2D eigenvalue weighted by molar-refractivity contribution is -0.135. The fraction of sp³-hybridized carbons (Fsp3) is 0.714. The number of hydrogen-bond acceptors (Lipinski definition) is 3. The molecule has 0 saturated carbocycles. The quantitative estimate of drug-likeness (QED) is 0.581. The number of carbonyl (C=O) groups is 2. The Morgan fingerprint density at radius 3 is 2.74 bits per heavy atom. The maximum Gasteiger partial charge on any atom is 0.245 e. The first-order valence-electron chi connectivity index (χ1n) is 6.80. The Morgan fingerprint density at radius 1 is 1.42 bits per heavy atom. The van der Waals surface area contributed by atoms with Crippen molar-refractivity contribution in [2.75, 3.05) is 26.3 Å². The van der Waals surface area contributed by atoms with Crippen molar-refractivity contribution >= 4 is 11.8 Å². The average molecular weight is 264 g/mol. The third-order valence-electron chi connectivity index (χ3n) is 3.76. The molecule has 1 unspecified atom stereocenters. The zero-order valence-electron chi connectivity index (χ0n) is 11.1. The van der Waals surface area contributed by atoms with Crippen LogP contribution in [-0.2, 0) is 14.3 Å².